The van der Waals surface area contributed by atoms with Crippen molar-refractivity contribution in [2.75, 3.05) is 5.32 Å². The highest BCUT2D eigenvalue weighted by molar-refractivity contribution is 6.30. The van der Waals surface area contributed by atoms with Crippen LogP contribution in [-0.4, -0.2) is 15.7 Å². The highest BCUT2D eigenvalue weighted by Gasteiger charge is 2.16. The third-order valence-corrected chi connectivity index (χ3v) is 4.33. The first-order valence-corrected chi connectivity index (χ1v) is 8.45. The van der Waals surface area contributed by atoms with Crippen molar-refractivity contribution in [1.82, 2.24) is 9.78 Å². The lowest BCUT2D eigenvalue weighted by Crippen LogP contribution is -2.13. The lowest BCUT2D eigenvalue weighted by Gasteiger charge is -2.08. The van der Waals surface area contributed by atoms with Gasteiger partial charge in [-0.05, 0) is 49.7 Å². The number of nitrogens with zero attached hydrogens (tertiary/aromatic N) is 3. The number of benzene rings is 2. The molecule has 2 aromatic carbocycles. The van der Waals surface area contributed by atoms with Gasteiger partial charge in [0.25, 0.3) is 5.91 Å². The molecule has 0 radical (unpaired) electrons. The van der Waals surface area contributed by atoms with E-state index in [4.69, 9.17) is 16.9 Å². The van der Waals surface area contributed by atoms with Gasteiger partial charge in [0.2, 0.25) is 0 Å². The van der Waals surface area contributed by atoms with Gasteiger partial charge < -0.3 is 5.32 Å². The normalized spacial score (nSPS) is 10.4. The Morgan fingerprint density at radius 2 is 2.00 bits per heavy atom. The number of rotatable bonds is 4. The van der Waals surface area contributed by atoms with Crippen LogP contribution < -0.4 is 5.32 Å². The maximum absolute atomic E-state index is 12.5. The predicted molar refractivity (Wildman–Crippen MR) is 101 cm³/mol. The van der Waals surface area contributed by atoms with Gasteiger partial charge in [0.05, 0.1) is 35.3 Å². The second-order valence-electron chi connectivity index (χ2n) is 5.98. The van der Waals surface area contributed by atoms with Crippen LogP contribution in [-0.2, 0) is 6.54 Å². The zero-order chi connectivity index (χ0) is 18.7. The first-order chi connectivity index (χ1) is 12.5. The minimum absolute atomic E-state index is 0.268. The summed E-state index contributed by atoms with van der Waals surface area (Å²) in [6.45, 7) is 4.32. The summed E-state index contributed by atoms with van der Waals surface area (Å²) in [5.41, 5.74) is 4.18. The standard InChI is InChI=1S/C20H17ClN4O/c1-13-19(23-20(26)17-7-3-5-15(9-17)11-22)14(2)25(24-13)12-16-6-4-8-18(21)10-16/h3-10H,12H2,1-2H3,(H,23,26). The molecule has 1 amide bonds. The summed E-state index contributed by atoms with van der Waals surface area (Å²) in [5.74, 6) is -0.268. The van der Waals surface area contributed by atoms with E-state index in [0.717, 1.165) is 17.0 Å². The Morgan fingerprint density at radius 1 is 1.23 bits per heavy atom. The van der Waals surface area contributed by atoms with E-state index in [2.05, 4.69) is 10.4 Å². The number of anilines is 1. The lowest BCUT2D eigenvalue weighted by molar-refractivity contribution is 0.102. The van der Waals surface area contributed by atoms with Gasteiger partial charge in [0.15, 0.2) is 0 Å². The molecule has 26 heavy (non-hydrogen) atoms. The molecule has 1 N–H and O–H groups in total. The van der Waals surface area contributed by atoms with Crippen LogP contribution in [0.15, 0.2) is 48.5 Å². The quantitative estimate of drug-likeness (QED) is 0.749. The molecule has 0 aliphatic rings. The predicted octanol–water partition coefficient (Wildman–Crippen LogP) is 4.33. The Kier molecular flexibility index (Phi) is 5.06. The molecule has 0 bridgehead atoms. The number of carbonyl (C=O) groups is 1. The number of nitriles is 1. The highest BCUT2D eigenvalue weighted by atomic mass is 35.5. The van der Waals surface area contributed by atoms with E-state index < -0.39 is 0 Å². The molecule has 3 rings (SSSR count). The average molecular weight is 365 g/mol. The van der Waals surface area contributed by atoms with Gasteiger partial charge in [0, 0.05) is 10.6 Å². The number of aryl methyl sites for hydroxylation is 1. The molecule has 0 aliphatic carbocycles. The van der Waals surface area contributed by atoms with Crippen LogP contribution in [0.5, 0.6) is 0 Å². The van der Waals surface area contributed by atoms with Gasteiger partial charge in [-0.15, -0.1) is 0 Å². The number of hydrogen-bond donors (Lipinski definition) is 1. The SMILES string of the molecule is Cc1nn(Cc2cccc(Cl)c2)c(C)c1NC(=O)c1cccc(C#N)c1. The van der Waals surface area contributed by atoms with Crippen LogP contribution in [0, 0.1) is 25.2 Å². The summed E-state index contributed by atoms with van der Waals surface area (Å²) in [7, 11) is 0. The van der Waals surface area contributed by atoms with Gasteiger partial charge in [0.1, 0.15) is 0 Å². The van der Waals surface area contributed by atoms with Crippen molar-refractivity contribution in [3.05, 3.63) is 81.6 Å². The molecule has 1 aromatic heterocycles. The summed E-state index contributed by atoms with van der Waals surface area (Å²) >= 11 is 6.04. The number of amides is 1. The first kappa shape index (κ1) is 17.7. The minimum atomic E-state index is -0.268. The Hall–Kier alpha value is -3.10. The van der Waals surface area contributed by atoms with Crippen LogP contribution in [0.4, 0.5) is 5.69 Å². The van der Waals surface area contributed by atoms with Gasteiger partial charge >= 0.3 is 0 Å². The molecule has 5 nitrogen and oxygen atoms in total. The lowest BCUT2D eigenvalue weighted by atomic mass is 10.1. The van der Waals surface area contributed by atoms with Crippen molar-refractivity contribution in [1.29, 1.82) is 5.26 Å². The Morgan fingerprint density at radius 3 is 2.73 bits per heavy atom. The van der Waals surface area contributed by atoms with Gasteiger partial charge in [-0.25, -0.2) is 0 Å². The van der Waals surface area contributed by atoms with E-state index in [0.29, 0.717) is 28.4 Å². The molecule has 0 atom stereocenters. The second kappa shape index (κ2) is 7.42. The topological polar surface area (TPSA) is 70.7 Å². The van der Waals surface area contributed by atoms with Crippen LogP contribution in [0.2, 0.25) is 5.02 Å². The maximum Gasteiger partial charge on any atom is 0.255 e. The van der Waals surface area contributed by atoms with Gasteiger partial charge in [-0.1, -0.05) is 29.8 Å². The van der Waals surface area contributed by atoms with E-state index in [9.17, 15) is 4.79 Å². The third kappa shape index (κ3) is 3.76. The van der Waals surface area contributed by atoms with Crippen molar-refractivity contribution in [2.45, 2.75) is 20.4 Å². The second-order valence-corrected chi connectivity index (χ2v) is 6.42. The number of hydrogen-bond acceptors (Lipinski definition) is 3. The molecule has 6 heteroatoms. The zero-order valence-corrected chi connectivity index (χ0v) is 15.2. The van der Waals surface area contributed by atoms with Crippen molar-refractivity contribution in [3.63, 3.8) is 0 Å². The number of nitrogens with one attached hydrogen (secondary N) is 1. The van der Waals surface area contributed by atoms with Crippen LogP contribution >= 0.6 is 11.6 Å². The fraction of sp³-hybridized carbons (Fsp3) is 0.150. The fourth-order valence-electron chi connectivity index (χ4n) is 2.76. The molecule has 1 heterocycles. The molecule has 3 aromatic rings. The van der Waals surface area contributed by atoms with Gasteiger partial charge in [-0.2, -0.15) is 10.4 Å². The Balaban J connectivity index is 1.84. The molecular formula is C20H17ClN4O. The fourth-order valence-corrected chi connectivity index (χ4v) is 2.97. The number of aromatic nitrogens is 2. The summed E-state index contributed by atoms with van der Waals surface area (Å²) in [5, 5.41) is 17.1. The van der Waals surface area contributed by atoms with Crippen LogP contribution in [0.3, 0.4) is 0 Å². The third-order valence-electron chi connectivity index (χ3n) is 4.10. The molecule has 0 saturated heterocycles. The van der Waals surface area contributed by atoms with Crippen molar-refractivity contribution in [3.8, 4) is 6.07 Å². The summed E-state index contributed by atoms with van der Waals surface area (Å²) in [4.78, 5) is 12.5. The molecule has 0 saturated carbocycles. The Labute approximate surface area is 156 Å². The molecule has 0 aliphatic heterocycles. The van der Waals surface area contributed by atoms with Crippen molar-refractivity contribution >= 4 is 23.2 Å². The van der Waals surface area contributed by atoms with Crippen LogP contribution in [0.25, 0.3) is 0 Å². The Bertz CT molecular complexity index is 1020. The van der Waals surface area contributed by atoms with E-state index >= 15 is 0 Å². The van der Waals surface area contributed by atoms with E-state index in [1.165, 1.54) is 0 Å². The van der Waals surface area contributed by atoms with Gasteiger partial charge in [-0.3, -0.25) is 9.48 Å². The summed E-state index contributed by atoms with van der Waals surface area (Å²) < 4.78 is 1.84. The monoisotopic (exact) mass is 364 g/mol. The molecule has 0 fully saturated rings. The van der Waals surface area contributed by atoms with Crippen molar-refractivity contribution < 1.29 is 4.79 Å². The average Bonchev–Trinajstić information content (AvgIpc) is 2.89. The number of halogens is 1. The minimum Gasteiger partial charge on any atom is -0.319 e. The number of carbonyl (C=O) groups excluding carboxylic acids is 1. The van der Waals surface area contributed by atoms with E-state index in [1.807, 2.05) is 48.9 Å². The zero-order valence-electron chi connectivity index (χ0n) is 14.5. The molecular weight excluding hydrogens is 348 g/mol. The molecule has 0 spiro atoms. The molecule has 0 unspecified atom stereocenters. The van der Waals surface area contributed by atoms with Crippen LogP contribution in [0.1, 0.15) is 32.9 Å². The summed E-state index contributed by atoms with van der Waals surface area (Å²) in [6, 6.07) is 16.2. The highest BCUT2D eigenvalue weighted by Crippen LogP contribution is 2.22. The van der Waals surface area contributed by atoms with Crippen molar-refractivity contribution in [2.24, 2.45) is 0 Å². The first-order valence-electron chi connectivity index (χ1n) is 8.08. The smallest absolute Gasteiger partial charge is 0.255 e. The maximum atomic E-state index is 12.5. The molecule has 130 valence electrons. The largest absolute Gasteiger partial charge is 0.319 e. The van der Waals surface area contributed by atoms with E-state index in [-0.39, 0.29) is 5.91 Å². The van der Waals surface area contributed by atoms with E-state index in [1.54, 1.807) is 24.3 Å². The summed E-state index contributed by atoms with van der Waals surface area (Å²) in [6.07, 6.45) is 0.